The van der Waals surface area contributed by atoms with Gasteiger partial charge in [0, 0.05) is 23.3 Å². The van der Waals surface area contributed by atoms with Crippen LogP contribution in [0.5, 0.6) is 0 Å². The Balaban J connectivity index is 2.00. The van der Waals surface area contributed by atoms with Gasteiger partial charge in [0.25, 0.3) is 5.91 Å². The second-order valence-electron chi connectivity index (χ2n) is 4.33. The maximum Gasteiger partial charge on any atom is 0.279 e. The average Bonchev–Trinajstić information content (AvgIpc) is 2.98. The topological polar surface area (TPSA) is 72.1 Å². The Hall–Kier alpha value is -1.95. The fourth-order valence-corrected chi connectivity index (χ4v) is 2.61. The molecule has 0 radical (unpaired) electrons. The van der Waals surface area contributed by atoms with Crippen LogP contribution in [0.2, 0.25) is 0 Å². The molecule has 0 bridgehead atoms. The van der Waals surface area contributed by atoms with E-state index in [1.807, 2.05) is 13.0 Å². The van der Waals surface area contributed by atoms with E-state index in [0.29, 0.717) is 17.9 Å². The third kappa shape index (κ3) is 1.65. The number of nitrogens with two attached hydrogens (primary N) is 1. The molecule has 0 saturated heterocycles. The monoisotopic (exact) mass is 260 g/mol. The molecule has 0 unspecified atom stereocenters. The number of amides is 1. The van der Waals surface area contributed by atoms with Crippen molar-refractivity contribution in [1.82, 2.24) is 9.59 Å². The van der Waals surface area contributed by atoms with E-state index in [1.54, 1.807) is 10.3 Å². The predicted molar refractivity (Wildman–Crippen MR) is 70.9 cm³/mol. The van der Waals surface area contributed by atoms with Gasteiger partial charge in [0.15, 0.2) is 5.69 Å². The van der Waals surface area contributed by atoms with Gasteiger partial charge in [-0.25, -0.2) is 0 Å². The van der Waals surface area contributed by atoms with Crippen LogP contribution in [0.1, 0.15) is 21.6 Å². The Morgan fingerprint density at radius 1 is 1.50 bits per heavy atom. The van der Waals surface area contributed by atoms with Gasteiger partial charge in [-0.3, -0.25) is 4.79 Å². The van der Waals surface area contributed by atoms with E-state index in [4.69, 9.17) is 5.73 Å². The second-order valence-corrected chi connectivity index (χ2v) is 4.94. The molecule has 92 valence electrons. The van der Waals surface area contributed by atoms with Crippen LogP contribution in [0.25, 0.3) is 0 Å². The van der Waals surface area contributed by atoms with Gasteiger partial charge in [-0.1, -0.05) is 10.6 Å². The molecule has 0 saturated carbocycles. The molecule has 18 heavy (non-hydrogen) atoms. The number of benzene rings is 1. The summed E-state index contributed by atoms with van der Waals surface area (Å²) in [6.07, 6.45) is 0.861. The summed E-state index contributed by atoms with van der Waals surface area (Å²) < 4.78 is 3.72. The molecular formula is C12H12N4OS. The van der Waals surface area contributed by atoms with Crippen molar-refractivity contribution >= 4 is 28.8 Å². The molecule has 1 amide bonds. The smallest absolute Gasteiger partial charge is 0.279 e. The van der Waals surface area contributed by atoms with Crippen LogP contribution in [0.3, 0.4) is 0 Å². The maximum atomic E-state index is 12.3. The third-order valence-corrected chi connectivity index (χ3v) is 3.69. The minimum Gasteiger partial charge on any atom is -0.398 e. The number of hydrogen-bond acceptors (Lipinski definition) is 5. The summed E-state index contributed by atoms with van der Waals surface area (Å²) in [4.78, 5) is 14.0. The summed E-state index contributed by atoms with van der Waals surface area (Å²) >= 11 is 1.18. The lowest BCUT2D eigenvalue weighted by atomic mass is 10.1. The van der Waals surface area contributed by atoms with Crippen LogP contribution in [-0.2, 0) is 6.42 Å². The zero-order chi connectivity index (χ0) is 12.7. The number of rotatable bonds is 1. The number of anilines is 2. The quantitative estimate of drug-likeness (QED) is 0.791. The standard InChI is InChI=1S/C12H12N4OS/c1-7-4-8-2-3-16(11(8)5-9(7)13)12(17)10-6-18-15-14-10/h4-6H,2-3,13H2,1H3. The Morgan fingerprint density at radius 2 is 2.33 bits per heavy atom. The van der Waals surface area contributed by atoms with Crippen molar-refractivity contribution in [2.45, 2.75) is 13.3 Å². The molecule has 0 fully saturated rings. The summed E-state index contributed by atoms with van der Waals surface area (Å²) in [7, 11) is 0. The lowest BCUT2D eigenvalue weighted by molar-refractivity contribution is 0.0984. The van der Waals surface area contributed by atoms with Crippen molar-refractivity contribution in [3.8, 4) is 0 Å². The highest BCUT2D eigenvalue weighted by molar-refractivity contribution is 7.03. The minimum absolute atomic E-state index is 0.106. The van der Waals surface area contributed by atoms with Crippen molar-refractivity contribution in [2.75, 3.05) is 17.2 Å². The number of fused-ring (bicyclic) bond motifs is 1. The van der Waals surface area contributed by atoms with E-state index < -0.39 is 0 Å². The van der Waals surface area contributed by atoms with Crippen LogP contribution < -0.4 is 10.6 Å². The number of carbonyl (C=O) groups excluding carboxylic acids is 1. The highest BCUT2D eigenvalue weighted by Crippen LogP contribution is 2.32. The summed E-state index contributed by atoms with van der Waals surface area (Å²) in [5.74, 6) is -0.106. The number of aromatic nitrogens is 2. The summed E-state index contributed by atoms with van der Waals surface area (Å²) in [6, 6.07) is 3.92. The zero-order valence-electron chi connectivity index (χ0n) is 9.88. The molecule has 2 N–H and O–H groups in total. The molecule has 6 heteroatoms. The van der Waals surface area contributed by atoms with E-state index in [2.05, 4.69) is 15.7 Å². The van der Waals surface area contributed by atoms with Crippen molar-refractivity contribution in [3.05, 3.63) is 34.3 Å². The van der Waals surface area contributed by atoms with Gasteiger partial charge in [0.1, 0.15) is 0 Å². The first-order valence-corrected chi connectivity index (χ1v) is 6.48. The molecule has 0 spiro atoms. The van der Waals surface area contributed by atoms with Gasteiger partial charge in [-0.15, -0.1) is 5.10 Å². The van der Waals surface area contributed by atoms with Gasteiger partial charge in [0.2, 0.25) is 0 Å². The molecule has 1 aromatic heterocycles. The van der Waals surface area contributed by atoms with Gasteiger partial charge in [0.05, 0.1) is 0 Å². The lowest BCUT2D eigenvalue weighted by Crippen LogP contribution is -2.29. The number of nitrogen functional groups attached to an aromatic ring is 1. The van der Waals surface area contributed by atoms with E-state index in [0.717, 1.165) is 17.7 Å². The Labute approximate surface area is 108 Å². The minimum atomic E-state index is -0.106. The first-order chi connectivity index (χ1) is 8.66. The van der Waals surface area contributed by atoms with E-state index in [9.17, 15) is 4.79 Å². The van der Waals surface area contributed by atoms with Crippen LogP contribution in [0, 0.1) is 6.92 Å². The molecule has 2 heterocycles. The highest BCUT2D eigenvalue weighted by atomic mass is 32.1. The van der Waals surface area contributed by atoms with Crippen LogP contribution >= 0.6 is 11.5 Å². The Morgan fingerprint density at radius 3 is 3.06 bits per heavy atom. The van der Waals surface area contributed by atoms with Crippen LogP contribution in [0.15, 0.2) is 17.5 Å². The third-order valence-electron chi connectivity index (χ3n) is 3.19. The van der Waals surface area contributed by atoms with E-state index in [1.165, 1.54) is 17.1 Å². The summed E-state index contributed by atoms with van der Waals surface area (Å²) in [5.41, 5.74) is 10.1. The molecule has 3 rings (SSSR count). The molecule has 1 aliphatic rings. The average molecular weight is 260 g/mol. The van der Waals surface area contributed by atoms with Crippen LogP contribution in [-0.4, -0.2) is 22.0 Å². The van der Waals surface area contributed by atoms with Crippen LogP contribution in [0.4, 0.5) is 11.4 Å². The lowest BCUT2D eigenvalue weighted by Gasteiger charge is -2.16. The van der Waals surface area contributed by atoms with Crippen molar-refractivity contribution in [1.29, 1.82) is 0 Å². The highest BCUT2D eigenvalue weighted by Gasteiger charge is 2.27. The van der Waals surface area contributed by atoms with Gasteiger partial charge in [-0.2, -0.15) is 0 Å². The van der Waals surface area contributed by atoms with Crippen molar-refractivity contribution < 1.29 is 4.79 Å². The first kappa shape index (κ1) is 11.2. The number of carbonyl (C=O) groups is 1. The molecule has 1 aromatic carbocycles. The SMILES string of the molecule is Cc1cc2c(cc1N)N(C(=O)c1csnn1)CC2. The second kappa shape index (κ2) is 4.06. The van der Waals surface area contributed by atoms with Crippen molar-refractivity contribution in [2.24, 2.45) is 0 Å². The van der Waals surface area contributed by atoms with E-state index >= 15 is 0 Å². The number of hydrogen-bond donors (Lipinski definition) is 1. The summed E-state index contributed by atoms with van der Waals surface area (Å²) in [5, 5.41) is 5.48. The molecule has 2 aromatic rings. The Kier molecular flexibility index (Phi) is 2.52. The molecule has 0 aliphatic carbocycles. The van der Waals surface area contributed by atoms with Crippen molar-refractivity contribution in [3.63, 3.8) is 0 Å². The first-order valence-electron chi connectivity index (χ1n) is 5.65. The molecule has 5 nitrogen and oxygen atoms in total. The summed E-state index contributed by atoms with van der Waals surface area (Å²) in [6.45, 7) is 2.65. The number of nitrogens with zero attached hydrogens (tertiary/aromatic N) is 3. The fourth-order valence-electron chi connectivity index (χ4n) is 2.18. The molecular weight excluding hydrogens is 248 g/mol. The fraction of sp³-hybridized carbons (Fsp3) is 0.250. The van der Waals surface area contributed by atoms with E-state index in [-0.39, 0.29) is 5.91 Å². The largest absolute Gasteiger partial charge is 0.398 e. The Bertz CT molecular complexity index is 609. The normalized spacial score (nSPS) is 13.7. The van der Waals surface area contributed by atoms with Gasteiger partial charge >= 0.3 is 0 Å². The molecule has 1 aliphatic heterocycles. The predicted octanol–water partition coefficient (Wildman–Crippen LogP) is 1.63. The maximum absolute atomic E-state index is 12.3. The van der Waals surface area contributed by atoms with Gasteiger partial charge < -0.3 is 10.6 Å². The van der Waals surface area contributed by atoms with Gasteiger partial charge in [-0.05, 0) is 42.1 Å². The zero-order valence-corrected chi connectivity index (χ0v) is 10.7. The molecule has 0 atom stereocenters. The number of aryl methyl sites for hydroxylation is 1.